The fourth-order valence-corrected chi connectivity index (χ4v) is 13.2. The standard InChI is InChI=1S/C72H40O2/c1-5-20-47-43(16-1)44-17-2-6-21-48(44)61-38-65-55-28-14-27-54(58-31-15-30-57-53-25-10-12-33-69(53)74-72(57)58)70(55)67-40-64-50-23-8-4-19-46(50)45-18-3-7-22-49(45)62(64)39-66(67)59-36-41(34-35-51(59)63(65)37-60(47)61)42-26-13-29-56-52-24-9-11-32-68(52)73-71(42)56/h1-40H. The van der Waals surface area contributed by atoms with Gasteiger partial charge in [0.25, 0.3) is 0 Å². The SMILES string of the molecule is c1cc2c(c(-c3cccc4c3oc3ccccc34)c1)-c1cc3c4ccccc4c4ccccc4c3cc1-c1cc(-c3cccc4c3oc3ccccc34)ccc1-c1cc3c4ccccc4c4ccccc4c3cc1-2. The molecule has 0 saturated heterocycles. The second kappa shape index (κ2) is 14.9. The Balaban J connectivity index is 1.08. The summed E-state index contributed by atoms with van der Waals surface area (Å²) in [5.41, 5.74) is 17.3. The fraction of sp³-hybridized carbons (Fsp3) is 0. The van der Waals surface area contributed by atoms with Crippen LogP contribution in [0.25, 0.3) is 175 Å². The first-order chi connectivity index (χ1) is 36.7. The van der Waals surface area contributed by atoms with Crippen molar-refractivity contribution in [2.24, 2.45) is 0 Å². The summed E-state index contributed by atoms with van der Waals surface area (Å²) in [5, 5.41) is 19.4. The zero-order valence-electron chi connectivity index (χ0n) is 39.9. The van der Waals surface area contributed by atoms with E-state index in [9.17, 15) is 0 Å². The monoisotopic (exact) mass is 936 g/mol. The van der Waals surface area contributed by atoms with E-state index < -0.39 is 0 Å². The van der Waals surface area contributed by atoms with Gasteiger partial charge in [-0.15, -0.1) is 0 Å². The number of fused-ring (bicyclic) bond motifs is 26. The summed E-state index contributed by atoms with van der Waals surface area (Å²) < 4.78 is 13.7. The molecule has 16 aromatic rings. The van der Waals surface area contributed by atoms with Gasteiger partial charge >= 0.3 is 0 Å². The fourth-order valence-electron chi connectivity index (χ4n) is 13.2. The minimum absolute atomic E-state index is 0.885. The van der Waals surface area contributed by atoms with Crippen molar-refractivity contribution in [2.45, 2.75) is 0 Å². The molecule has 0 spiro atoms. The summed E-state index contributed by atoms with van der Waals surface area (Å²) >= 11 is 0. The van der Waals surface area contributed by atoms with Crippen LogP contribution in [-0.2, 0) is 0 Å². The molecular formula is C72H40O2. The molecule has 2 heteroatoms. The highest BCUT2D eigenvalue weighted by Crippen LogP contribution is 2.56. The lowest BCUT2D eigenvalue weighted by Gasteiger charge is -2.27. The van der Waals surface area contributed by atoms with Crippen LogP contribution in [0.2, 0.25) is 0 Å². The molecule has 17 rings (SSSR count). The van der Waals surface area contributed by atoms with E-state index in [1.54, 1.807) is 0 Å². The third-order valence-electron chi connectivity index (χ3n) is 16.4. The minimum Gasteiger partial charge on any atom is -0.455 e. The lowest BCUT2D eigenvalue weighted by molar-refractivity contribution is 0.669. The van der Waals surface area contributed by atoms with Crippen molar-refractivity contribution < 1.29 is 8.83 Å². The van der Waals surface area contributed by atoms with Gasteiger partial charge in [0.05, 0.1) is 0 Å². The van der Waals surface area contributed by atoms with E-state index in [-0.39, 0.29) is 0 Å². The van der Waals surface area contributed by atoms with E-state index in [2.05, 4.69) is 243 Å². The molecule has 2 nitrogen and oxygen atoms in total. The minimum atomic E-state index is 0.885. The lowest BCUT2D eigenvalue weighted by atomic mass is 9.75. The summed E-state index contributed by atoms with van der Waals surface area (Å²) in [5.74, 6) is 0. The van der Waals surface area contributed by atoms with E-state index >= 15 is 0 Å². The quantitative estimate of drug-likeness (QED) is 0.161. The highest BCUT2D eigenvalue weighted by molar-refractivity contribution is 6.30. The number of furan rings is 2. The molecule has 0 saturated carbocycles. The number of hydrogen-bond donors (Lipinski definition) is 0. The van der Waals surface area contributed by atoms with Gasteiger partial charge in [0.1, 0.15) is 22.3 Å². The first kappa shape index (κ1) is 39.9. The highest BCUT2D eigenvalue weighted by Gasteiger charge is 2.29. The molecule has 14 aromatic carbocycles. The van der Waals surface area contributed by atoms with Crippen LogP contribution >= 0.6 is 0 Å². The molecule has 0 radical (unpaired) electrons. The summed E-state index contributed by atoms with van der Waals surface area (Å²) in [4.78, 5) is 0. The van der Waals surface area contributed by atoms with Gasteiger partial charge in [0.15, 0.2) is 0 Å². The van der Waals surface area contributed by atoms with E-state index in [0.29, 0.717) is 0 Å². The Morgan fingerprint density at radius 2 is 0.500 bits per heavy atom. The number of rotatable bonds is 2. The largest absolute Gasteiger partial charge is 0.455 e. The van der Waals surface area contributed by atoms with Gasteiger partial charge in [-0.25, -0.2) is 0 Å². The highest BCUT2D eigenvalue weighted by atomic mass is 16.3. The molecule has 0 N–H and O–H groups in total. The molecule has 0 unspecified atom stereocenters. The maximum absolute atomic E-state index is 6.93. The zero-order valence-corrected chi connectivity index (χ0v) is 39.9. The Labute approximate surface area is 424 Å². The van der Waals surface area contributed by atoms with Crippen molar-refractivity contribution in [2.75, 3.05) is 0 Å². The van der Waals surface area contributed by atoms with Gasteiger partial charge in [-0.2, -0.15) is 0 Å². The second-order valence-electron chi connectivity index (χ2n) is 20.1. The van der Waals surface area contributed by atoms with E-state index in [4.69, 9.17) is 8.83 Å². The molecule has 1 aliphatic rings. The van der Waals surface area contributed by atoms with E-state index in [1.807, 2.05) is 0 Å². The zero-order chi connectivity index (χ0) is 48.2. The van der Waals surface area contributed by atoms with Crippen LogP contribution in [0.15, 0.2) is 251 Å². The van der Waals surface area contributed by atoms with Gasteiger partial charge in [0.2, 0.25) is 0 Å². The lowest BCUT2D eigenvalue weighted by Crippen LogP contribution is -2.01. The molecule has 1 aliphatic carbocycles. The van der Waals surface area contributed by atoms with Gasteiger partial charge < -0.3 is 8.83 Å². The molecule has 340 valence electrons. The predicted molar refractivity (Wildman–Crippen MR) is 312 cm³/mol. The summed E-state index contributed by atoms with van der Waals surface area (Å²) in [6.07, 6.45) is 0. The van der Waals surface area contributed by atoms with Gasteiger partial charge in [-0.05, 0) is 163 Å². The first-order valence-electron chi connectivity index (χ1n) is 25.6. The number of para-hydroxylation sites is 4. The topological polar surface area (TPSA) is 26.3 Å². The first-order valence-corrected chi connectivity index (χ1v) is 25.6. The average molecular weight is 937 g/mol. The second-order valence-corrected chi connectivity index (χ2v) is 20.1. The van der Waals surface area contributed by atoms with Crippen molar-refractivity contribution in [3.8, 4) is 66.8 Å². The summed E-state index contributed by atoms with van der Waals surface area (Å²) in [6, 6.07) is 89.9. The van der Waals surface area contributed by atoms with Gasteiger partial charge in [-0.3, -0.25) is 0 Å². The Hall–Kier alpha value is -9.76. The summed E-state index contributed by atoms with van der Waals surface area (Å²) in [6.45, 7) is 0. The maximum Gasteiger partial charge on any atom is 0.143 e. The average Bonchev–Trinajstić information content (AvgIpc) is 4.06. The Kier molecular flexibility index (Phi) is 8.03. The van der Waals surface area contributed by atoms with Crippen molar-refractivity contribution in [1.29, 1.82) is 0 Å². The van der Waals surface area contributed by atoms with Gasteiger partial charge in [0, 0.05) is 32.7 Å². The van der Waals surface area contributed by atoms with Crippen LogP contribution in [0.4, 0.5) is 0 Å². The van der Waals surface area contributed by atoms with Crippen LogP contribution in [0.1, 0.15) is 0 Å². The number of hydrogen-bond acceptors (Lipinski definition) is 2. The molecule has 2 heterocycles. The third kappa shape index (κ3) is 5.43. The molecule has 74 heavy (non-hydrogen) atoms. The summed E-state index contributed by atoms with van der Waals surface area (Å²) in [7, 11) is 0. The molecule has 0 atom stereocenters. The van der Waals surface area contributed by atoms with Crippen molar-refractivity contribution in [3.05, 3.63) is 243 Å². The van der Waals surface area contributed by atoms with Crippen LogP contribution in [0.3, 0.4) is 0 Å². The smallest absolute Gasteiger partial charge is 0.143 e. The molecular weight excluding hydrogens is 897 g/mol. The molecule has 0 bridgehead atoms. The molecule has 0 aliphatic heterocycles. The predicted octanol–water partition coefficient (Wildman–Crippen LogP) is 20.7. The van der Waals surface area contributed by atoms with Crippen LogP contribution in [0, 0.1) is 0 Å². The van der Waals surface area contributed by atoms with Crippen molar-refractivity contribution >= 4 is 109 Å². The van der Waals surface area contributed by atoms with E-state index in [1.165, 1.54) is 104 Å². The molecule has 0 fully saturated rings. The van der Waals surface area contributed by atoms with Crippen molar-refractivity contribution in [1.82, 2.24) is 0 Å². The van der Waals surface area contributed by atoms with Gasteiger partial charge in [-0.1, -0.05) is 200 Å². The normalized spacial score (nSPS) is 12.3. The molecule has 2 aromatic heterocycles. The van der Waals surface area contributed by atoms with Crippen molar-refractivity contribution in [3.63, 3.8) is 0 Å². The number of benzene rings is 14. The Morgan fingerprint density at radius 3 is 1.00 bits per heavy atom. The molecule has 0 amide bonds. The van der Waals surface area contributed by atoms with Crippen LogP contribution < -0.4 is 0 Å². The Morgan fingerprint density at radius 1 is 0.176 bits per heavy atom. The van der Waals surface area contributed by atoms with Crippen LogP contribution in [-0.4, -0.2) is 0 Å². The van der Waals surface area contributed by atoms with E-state index in [0.717, 1.165) is 71.7 Å². The third-order valence-corrected chi connectivity index (χ3v) is 16.4. The van der Waals surface area contributed by atoms with Crippen LogP contribution in [0.5, 0.6) is 0 Å². The maximum atomic E-state index is 6.93. The Bertz CT molecular complexity index is 5140.